The lowest BCUT2D eigenvalue weighted by Gasteiger charge is -2.31. The van der Waals surface area contributed by atoms with E-state index < -0.39 is 0 Å². The number of benzene rings is 3. The van der Waals surface area contributed by atoms with Crippen LogP contribution >= 0.6 is 35.3 Å². The Morgan fingerprint density at radius 3 is 2.47 bits per heavy atom. The molecule has 34 heavy (non-hydrogen) atoms. The van der Waals surface area contributed by atoms with E-state index in [9.17, 15) is 0 Å². The molecule has 0 saturated carbocycles. The van der Waals surface area contributed by atoms with Gasteiger partial charge in [0.15, 0.2) is 5.13 Å². The molecule has 3 aromatic carbocycles. The lowest BCUT2D eigenvalue weighted by molar-refractivity contribution is 0.177. The van der Waals surface area contributed by atoms with Gasteiger partial charge in [0, 0.05) is 24.1 Å². The second-order valence-corrected chi connectivity index (χ2v) is 9.61. The zero-order valence-corrected chi connectivity index (χ0v) is 22.3. The third-order valence-electron chi connectivity index (χ3n) is 5.79. The topological polar surface area (TPSA) is 34.6 Å². The predicted octanol–water partition coefficient (Wildman–Crippen LogP) is 7.96. The standard InChI is InChI=1S/C27H29ClN2O2S.ClH/c1-5-14-30(25(17-31-3)21-11-10-19-8-6-7-9-20(19)15-21)27-29-26(18(2)33-27)23-13-12-22(32-4)16-24(23)28;/h6-13,15-16,25H,5,14,17H2,1-4H3;1H. The van der Waals surface area contributed by atoms with Crippen molar-refractivity contribution in [3.05, 3.63) is 76.1 Å². The van der Waals surface area contributed by atoms with Crippen molar-refractivity contribution >= 4 is 51.2 Å². The van der Waals surface area contributed by atoms with E-state index in [4.69, 9.17) is 26.1 Å². The largest absolute Gasteiger partial charge is 0.497 e. The van der Waals surface area contributed by atoms with Gasteiger partial charge in [-0.1, -0.05) is 54.9 Å². The Bertz CT molecular complexity index is 1240. The fourth-order valence-corrected chi connectivity index (χ4v) is 5.39. The third-order valence-corrected chi connectivity index (χ3v) is 7.11. The van der Waals surface area contributed by atoms with Crippen molar-refractivity contribution in [3.63, 3.8) is 0 Å². The zero-order chi connectivity index (χ0) is 23.4. The number of ether oxygens (including phenoxy) is 2. The average Bonchev–Trinajstić information content (AvgIpc) is 3.21. The van der Waals surface area contributed by atoms with E-state index in [1.165, 1.54) is 16.3 Å². The van der Waals surface area contributed by atoms with Crippen LogP contribution in [0.4, 0.5) is 5.13 Å². The van der Waals surface area contributed by atoms with Crippen LogP contribution in [0.25, 0.3) is 22.0 Å². The molecule has 0 saturated heterocycles. The Morgan fingerprint density at radius 2 is 1.79 bits per heavy atom. The van der Waals surface area contributed by atoms with E-state index in [1.807, 2.05) is 18.2 Å². The molecule has 1 atom stereocenters. The molecule has 0 amide bonds. The van der Waals surface area contributed by atoms with Crippen molar-refractivity contribution in [3.8, 4) is 17.0 Å². The molecule has 7 heteroatoms. The van der Waals surface area contributed by atoms with Gasteiger partial charge in [-0.15, -0.1) is 23.7 Å². The van der Waals surface area contributed by atoms with Crippen molar-refractivity contribution in [2.45, 2.75) is 26.3 Å². The maximum Gasteiger partial charge on any atom is 0.186 e. The number of halogens is 2. The van der Waals surface area contributed by atoms with Gasteiger partial charge in [-0.3, -0.25) is 0 Å². The number of nitrogens with zero attached hydrogens (tertiary/aromatic N) is 2. The predicted molar refractivity (Wildman–Crippen MR) is 147 cm³/mol. The Kier molecular flexibility index (Phi) is 9.20. The van der Waals surface area contributed by atoms with Gasteiger partial charge in [0.25, 0.3) is 0 Å². The van der Waals surface area contributed by atoms with E-state index in [-0.39, 0.29) is 18.4 Å². The Hall–Kier alpha value is -2.31. The van der Waals surface area contributed by atoms with Crippen molar-refractivity contribution in [1.82, 2.24) is 4.98 Å². The molecule has 0 aliphatic carbocycles. The van der Waals surface area contributed by atoms with Crippen LogP contribution in [0.5, 0.6) is 5.75 Å². The molecule has 0 aliphatic heterocycles. The fourth-order valence-electron chi connectivity index (χ4n) is 4.13. The number of anilines is 1. The average molecular weight is 518 g/mol. The van der Waals surface area contributed by atoms with Crippen LogP contribution in [0.1, 0.15) is 29.8 Å². The number of aryl methyl sites for hydroxylation is 1. The minimum atomic E-state index is 0. The lowest BCUT2D eigenvalue weighted by atomic mass is 10.0. The first kappa shape index (κ1) is 26.3. The zero-order valence-electron chi connectivity index (χ0n) is 19.9. The van der Waals surface area contributed by atoms with Crippen molar-refractivity contribution in [1.29, 1.82) is 0 Å². The van der Waals surface area contributed by atoms with Gasteiger partial charge in [0.05, 0.1) is 30.5 Å². The van der Waals surface area contributed by atoms with Gasteiger partial charge >= 0.3 is 0 Å². The second kappa shape index (κ2) is 11.9. The highest BCUT2D eigenvalue weighted by atomic mass is 35.5. The summed E-state index contributed by atoms with van der Waals surface area (Å²) >= 11 is 8.28. The third kappa shape index (κ3) is 5.49. The molecule has 4 nitrogen and oxygen atoms in total. The second-order valence-electron chi connectivity index (χ2n) is 8.02. The minimum absolute atomic E-state index is 0. The molecule has 0 spiro atoms. The Morgan fingerprint density at radius 1 is 1.03 bits per heavy atom. The first-order chi connectivity index (χ1) is 16.0. The number of hydrogen-bond donors (Lipinski definition) is 0. The highest BCUT2D eigenvalue weighted by Crippen LogP contribution is 2.40. The van der Waals surface area contributed by atoms with Crippen LogP contribution < -0.4 is 9.64 Å². The number of methoxy groups -OCH3 is 2. The van der Waals surface area contributed by atoms with Crippen LogP contribution in [0.15, 0.2) is 60.7 Å². The first-order valence-corrected chi connectivity index (χ1v) is 12.3. The maximum absolute atomic E-state index is 6.58. The van der Waals surface area contributed by atoms with E-state index in [0.29, 0.717) is 11.6 Å². The molecule has 1 heterocycles. The molecule has 1 unspecified atom stereocenters. The smallest absolute Gasteiger partial charge is 0.186 e. The molecule has 4 aromatic rings. The van der Waals surface area contributed by atoms with Gasteiger partial charge in [-0.05, 0) is 53.9 Å². The van der Waals surface area contributed by atoms with Crippen LogP contribution in [0.2, 0.25) is 5.02 Å². The van der Waals surface area contributed by atoms with Crippen LogP contribution in [-0.2, 0) is 4.74 Å². The molecule has 0 N–H and O–H groups in total. The number of fused-ring (bicyclic) bond motifs is 1. The van der Waals surface area contributed by atoms with E-state index >= 15 is 0 Å². The molecule has 0 fully saturated rings. The van der Waals surface area contributed by atoms with Gasteiger partial charge in [-0.25, -0.2) is 4.98 Å². The number of rotatable bonds is 9. The summed E-state index contributed by atoms with van der Waals surface area (Å²) in [4.78, 5) is 8.57. The number of aromatic nitrogens is 1. The fraction of sp³-hybridized carbons (Fsp3) is 0.296. The molecule has 0 radical (unpaired) electrons. The van der Waals surface area contributed by atoms with E-state index in [0.717, 1.165) is 40.0 Å². The van der Waals surface area contributed by atoms with Crippen LogP contribution in [-0.4, -0.2) is 32.4 Å². The molecular formula is C27H30Cl2N2O2S. The highest BCUT2D eigenvalue weighted by molar-refractivity contribution is 7.16. The summed E-state index contributed by atoms with van der Waals surface area (Å²) in [5.74, 6) is 0.737. The number of thiazole rings is 1. The first-order valence-electron chi connectivity index (χ1n) is 11.1. The van der Waals surface area contributed by atoms with Gasteiger partial charge in [0.1, 0.15) is 5.75 Å². The Balaban J connectivity index is 0.00000324. The summed E-state index contributed by atoms with van der Waals surface area (Å²) in [5.41, 5.74) is 3.06. The van der Waals surface area contributed by atoms with Crippen LogP contribution in [0.3, 0.4) is 0 Å². The summed E-state index contributed by atoms with van der Waals surface area (Å²) in [5, 5.41) is 4.08. The maximum atomic E-state index is 6.58. The summed E-state index contributed by atoms with van der Waals surface area (Å²) in [6.07, 6.45) is 1.01. The van der Waals surface area contributed by atoms with Crippen molar-refractivity contribution < 1.29 is 9.47 Å². The molecule has 4 rings (SSSR count). The monoisotopic (exact) mass is 516 g/mol. The van der Waals surface area contributed by atoms with Crippen molar-refractivity contribution in [2.75, 3.05) is 32.3 Å². The SMILES string of the molecule is CCCN(c1nc(-c2ccc(OC)cc2Cl)c(C)s1)C(COC)c1ccc2ccccc2c1.Cl. The minimum Gasteiger partial charge on any atom is -0.497 e. The van der Waals surface area contributed by atoms with Crippen molar-refractivity contribution in [2.24, 2.45) is 0 Å². The van der Waals surface area contributed by atoms with E-state index in [2.05, 4.69) is 61.2 Å². The van der Waals surface area contributed by atoms with Gasteiger partial charge in [0.2, 0.25) is 0 Å². The summed E-state index contributed by atoms with van der Waals surface area (Å²) in [6.45, 7) is 5.75. The number of hydrogen-bond acceptors (Lipinski definition) is 5. The summed E-state index contributed by atoms with van der Waals surface area (Å²) in [7, 11) is 3.40. The molecule has 180 valence electrons. The molecular weight excluding hydrogens is 487 g/mol. The lowest BCUT2D eigenvalue weighted by Crippen LogP contribution is -2.32. The highest BCUT2D eigenvalue weighted by Gasteiger charge is 2.25. The summed E-state index contributed by atoms with van der Waals surface area (Å²) in [6, 6.07) is 20.9. The normalized spacial score (nSPS) is 11.8. The van der Waals surface area contributed by atoms with Crippen LogP contribution in [0, 0.1) is 6.92 Å². The molecule has 0 aliphatic rings. The quantitative estimate of drug-likeness (QED) is 0.226. The van der Waals surface area contributed by atoms with Gasteiger partial charge < -0.3 is 14.4 Å². The van der Waals surface area contributed by atoms with Gasteiger partial charge in [-0.2, -0.15) is 0 Å². The Labute approximate surface area is 216 Å². The summed E-state index contributed by atoms with van der Waals surface area (Å²) < 4.78 is 11.0. The molecule has 0 bridgehead atoms. The van der Waals surface area contributed by atoms with E-state index in [1.54, 1.807) is 25.6 Å². The molecule has 1 aromatic heterocycles.